The molecule has 6 heteroatoms. The fourth-order valence-corrected chi connectivity index (χ4v) is 8.59. The lowest BCUT2D eigenvalue weighted by Gasteiger charge is -2.42. The fraction of sp³-hybridized carbons (Fsp3) is 0.222. The van der Waals surface area contributed by atoms with Crippen LogP contribution in [-0.4, -0.2) is 26.5 Å². The Morgan fingerprint density at radius 3 is 2.39 bits per heavy atom. The molecule has 0 radical (unpaired) electrons. The average molecular weight is 666 g/mol. The van der Waals surface area contributed by atoms with E-state index in [1.807, 2.05) is 12.4 Å². The van der Waals surface area contributed by atoms with Gasteiger partial charge in [-0.25, -0.2) is 9.98 Å². The van der Waals surface area contributed by atoms with Crippen molar-refractivity contribution in [3.8, 4) is 5.82 Å². The summed E-state index contributed by atoms with van der Waals surface area (Å²) < 4.78 is 8.85. The number of anilines is 3. The van der Waals surface area contributed by atoms with Gasteiger partial charge in [-0.2, -0.15) is 0 Å². The fourth-order valence-electron chi connectivity index (χ4n) is 8.59. The van der Waals surface area contributed by atoms with Gasteiger partial charge in [0.05, 0.1) is 28.1 Å². The number of aromatic nitrogens is 3. The minimum Gasteiger partial charge on any atom is -0.470 e. The van der Waals surface area contributed by atoms with E-state index in [0.717, 1.165) is 46.0 Å². The number of rotatable bonds is 3. The van der Waals surface area contributed by atoms with E-state index in [9.17, 15) is 0 Å². The number of hydrogen-bond donors (Lipinski definition) is 0. The summed E-state index contributed by atoms with van der Waals surface area (Å²) in [5.74, 6) is 1.54. The number of benzene rings is 4. The molecule has 1 aliphatic carbocycles. The van der Waals surface area contributed by atoms with E-state index in [0.29, 0.717) is 5.90 Å². The summed E-state index contributed by atoms with van der Waals surface area (Å²) in [6.45, 7) is 11.4. The van der Waals surface area contributed by atoms with Crippen LogP contribution < -0.4 is 4.90 Å². The largest absolute Gasteiger partial charge is 0.470 e. The van der Waals surface area contributed by atoms with Gasteiger partial charge in [-0.15, -0.1) is 0 Å². The molecule has 0 N–H and O–H groups in total. The molecule has 6 nitrogen and oxygen atoms in total. The molecular weight excluding hydrogens is 627 g/mol. The molecule has 5 heterocycles. The summed E-state index contributed by atoms with van der Waals surface area (Å²) in [5, 5.41) is 2.44. The maximum absolute atomic E-state index is 6.52. The van der Waals surface area contributed by atoms with Crippen LogP contribution in [-0.2, 0) is 22.0 Å². The normalized spacial score (nSPS) is 18.6. The summed E-state index contributed by atoms with van der Waals surface area (Å²) in [7, 11) is 0. The van der Waals surface area contributed by atoms with Crippen LogP contribution in [0.1, 0.15) is 74.2 Å². The molecule has 0 fully saturated rings. The number of pyridine rings is 2. The van der Waals surface area contributed by atoms with Crippen LogP contribution in [0.15, 0.2) is 127 Å². The highest BCUT2D eigenvalue weighted by molar-refractivity contribution is 6.11. The van der Waals surface area contributed by atoms with E-state index in [1.54, 1.807) is 0 Å². The molecule has 4 aromatic carbocycles. The van der Waals surface area contributed by atoms with Gasteiger partial charge in [-0.3, -0.25) is 9.55 Å². The second kappa shape index (κ2) is 10.6. The molecule has 51 heavy (non-hydrogen) atoms. The summed E-state index contributed by atoms with van der Waals surface area (Å²) >= 11 is 0. The molecule has 0 saturated carbocycles. The first-order valence-corrected chi connectivity index (χ1v) is 17.9. The Bertz CT molecular complexity index is 2590. The van der Waals surface area contributed by atoms with E-state index < -0.39 is 0 Å². The lowest BCUT2D eigenvalue weighted by molar-refractivity contribution is 0.206. The molecule has 2 atom stereocenters. The van der Waals surface area contributed by atoms with Gasteiger partial charge in [0, 0.05) is 35.0 Å². The van der Waals surface area contributed by atoms with Crippen LogP contribution in [0.5, 0.6) is 0 Å². The Labute approximate surface area is 298 Å². The summed E-state index contributed by atoms with van der Waals surface area (Å²) in [4.78, 5) is 17.3. The van der Waals surface area contributed by atoms with E-state index in [4.69, 9.17) is 19.7 Å². The summed E-state index contributed by atoms with van der Waals surface area (Å²) in [5.41, 5.74) is 12.5. The van der Waals surface area contributed by atoms with Crippen molar-refractivity contribution < 1.29 is 4.74 Å². The predicted molar refractivity (Wildman–Crippen MR) is 206 cm³/mol. The second-order valence-electron chi connectivity index (χ2n) is 15.7. The van der Waals surface area contributed by atoms with Gasteiger partial charge in [0.2, 0.25) is 5.90 Å². The molecule has 3 aromatic heterocycles. The van der Waals surface area contributed by atoms with Crippen molar-refractivity contribution in [1.29, 1.82) is 0 Å². The highest BCUT2D eigenvalue weighted by Crippen LogP contribution is 2.54. The smallest absolute Gasteiger partial charge is 0.236 e. The summed E-state index contributed by atoms with van der Waals surface area (Å²) in [6.07, 6.45) is 4.71. The van der Waals surface area contributed by atoms with Gasteiger partial charge in [0.1, 0.15) is 23.7 Å². The van der Waals surface area contributed by atoms with Crippen molar-refractivity contribution >= 4 is 44.8 Å². The molecule has 0 spiro atoms. The lowest BCUT2D eigenvalue weighted by Crippen LogP contribution is -2.30. The highest BCUT2D eigenvalue weighted by atomic mass is 16.5. The zero-order chi connectivity index (χ0) is 34.6. The first-order valence-electron chi connectivity index (χ1n) is 17.9. The van der Waals surface area contributed by atoms with E-state index in [2.05, 4.69) is 153 Å². The zero-order valence-corrected chi connectivity index (χ0v) is 29.6. The molecule has 7 aromatic rings. The van der Waals surface area contributed by atoms with E-state index in [-0.39, 0.29) is 23.0 Å². The van der Waals surface area contributed by atoms with Crippen LogP contribution in [0.3, 0.4) is 0 Å². The number of ether oxygens (including phenoxy) is 1. The standard InChI is InChI=1S/C45H39N5O/c1-44(2,3)28-18-20-47-41(23-28)50-36-16-10-8-14-31(36)32-25-34-39(26-38(32)50)49(37-17-11-9-15-33(37)45(34,4)5)29-19-21-46-35(24-29)43-48-42-30-13-7-6-12-27(30)22-40(42)51-43/h6-21,23-26,40,42H,22H2,1-5H3/t40-,42+/m0/s1. The van der Waals surface area contributed by atoms with Gasteiger partial charge in [-0.05, 0) is 81.8 Å². The van der Waals surface area contributed by atoms with Crippen LogP contribution in [0.2, 0.25) is 0 Å². The van der Waals surface area contributed by atoms with Crippen molar-refractivity contribution in [2.75, 3.05) is 4.90 Å². The Morgan fingerprint density at radius 2 is 1.51 bits per heavy atom. The number of fused-ring (bicyclic) bond motifs is 8. The monoisotopic (exact) mass is 665 g/mol. The Balaban J connectivity index is 1.19. The minimum atomic E-state index is -0.246. The number of nitrogens with zero attached hydrogens (tertiary/aromatic N) is 5. The minimum absolute atomic E-state index is 0.00539. The third-order valence-electron chi connectivity index (χ3n) is 11.3. The quantitative estimate of drug-likeness (QED) is 0.189. The van der Waals surface area contributed by atoms with Crippen molar-refractivity contribution in [2.45, 2.75) is 64.0 Å². The molecule has 2 aliphatic heterocycles. The predicted octanol–water partition coefficient (Wildman–Crippen LogP) is 10.4. The molecular formula is C45H39N5O. The zero-order valence-electron chi connectivity index (χ0n) is 29.6. The number of aliphatic imine (C=N–C) groups is 1. The van der Waals surface area contributed by atoms with Crippen LogP contribution in [0, 0.1) is 0 Å². The van der Waals surface area contributed by atoms with E-state index in [1.165, 1.54) is 38.6 Å². The second-order valence-corrected chi connectivity index (χ2v) is 15.7. The highest BCUT2D eigenvalue weighted by Gasteiger charge is 2.41. The maximum atomic E-state index is 6.52. The van der Waals surface area contributed by atoms with Gasteiger partial charge >= 0.3 is 0 Å². The van der Waals surface area contributed by atoms with Crippen LogP contribution in [0.25, 0.3) is 27.6 Å². The molecule has 0 bridgehead atoms. The van der Waals surface area contributed by atoms with Gasteiger partial charge in [-0.1, -0.05) is 95.3 Å². The van der Waals surface area contributed by atoms with Crippen molar-refractivity contribution in [3.63, 3.8) is 0 Å². The number of para-hydroxylation sites is 2. The molecule has 10 rings (SSSR count). The first-order chi connectivity index (χ1) is 24.7. The van der Waals surface area contributed by atoms with Crippen LogP contribution >= 0.6 is 0 Å². The van der Waals surface area contributed by atoms with Crippen molar-refractivity contribution in [1.82, 2.24) is 14.5 Å². The van der Waals surface area contributed by atoms with E-state index >= 15 is 0 Å². The average Bonchev–Trinajstić information content (AvgIpc) is 3.81. The van der Waals surface area contributed by atoms with Gasteiger partial charge in [0.15, 0.2) is 0 Å². The first kappa shape index (κ1) is 30.1. The topological polar surface area (TPSA) is 55.5 Å². The van der Waals surface area contributed by atoms with Crippen molar-refractivity contribution in [2.24, 2.45) is 4.99 Å². The van der Waals surface area contributed by atoms with Crippen LogP contribution in [0.4, 0.5) is 17.1 Å². The van der Waals surface area contributed by atoms with Crippen molar-refractivity contribution in [3.05, 3.63) is 155 Å². The molecule has 0 amide bonds. The van der Waals surface area contributed by atoms with Gasteiger partial charge in [0.25, 0.3) is 0 Å². The third kappa shape index (κ3) is 4.45. The summed E-state index contributed by atoms with van der Waals surface area (Å²) in [6, 6.07) is 39.5. The molecule has 0 unspecified atom stereocenters. The third-order valence-corrected chi connectivity index (χ3v) is 11.3. The molecule has 3 aliphatic rings. The lowest BCUT2D eigenvalue weighted by atomic mass is 9.73. The molecule has 250 valence electrons. The van der Waals surface area contributed by atoms with Gasteiger partial charge < -0.3 is 9.64 Å². The SMILES string of the molecule is CC(C)(C)c1ccnc(-n2c3ccccc3c3cc4c(cc32)N(c2ccnc(C3=N[C@@H]5c6ccccc6C[C@@H]5O3)c2)c2ccccc2C4(C)C)c1. The maximum Gasteiger partial charge on any atom is 0.236 e. The Kier molecular flexibility index (Phi) is 6.27. The Hall–Kier alpha value is -5.75. The number of hydrogen-bond acceptors (Lipinski definition) is 5. The molecule has 0 saturated heterocycles. The Morgan fingerprint density at radius 1 is 0.725 bits per heavy atom.